The lowest BCUT2D eigenvalue weighted by atomic mass is 10.1. The number of amides is 1. The molecule has 0 atom stereocenters. The van der Waals surface area contributed by atoms with E-state index in [1.54, 1.807) is 6.20 Å². The highest BCUT2D eigenvalue weighted by molar-refractivity contribution is 6.05. The zero-order valence-corrected chi connectivity index (χ0v) is 14.4. The molecule has 1 amide bonds. The molecule has 1 aromatic carbocycles. The summed E-state index contributed by atoms with van der Waals surface area (Å²) in [5, 5.41) is 4.29. The molecule has 1 N–H and O–H groups in total. The van der Waals surface area contributed by atoms with E-state index < -0.39 is 0 Å². The second kappa shape index (κ2) is 6.07. The van der Waals surface area contributed by atoms with Crippen molar-refractivity contribution in [2.45, 2.75) is 6.42 Å². The summed E-state index contributed by atoms with van der Waals surface area (Å²) >= 11 is 0. The Kier molecular flexibility index (Phi) is 3.57. The van der Waals surface area contributed by atoms with Crippen LogP contribution in [0.3, 0.4) is 0 Å². The lowest BCUT2D eigenvalue weighted by Gasteiger charge is -2.20. The standard InChI is InChI=1S/C20H19N5O/c26-20(24-10-3-7-21-9-11-24)15-12-14-13-22-8-6-17(14)25-18-5-2-1-4-16(18)23-19(15)25/h1-2,4-6,8,12-13,21H,3,7,9-11H2. The smallest absolute Gasteiger partial charge is 0.257 e. The molecule has 0 spiro atoms. The van der Waals surface area contributed by atoms with Crippen molar-refractivity contribution in [3.05, 3.63) is 54.4 Å². The molecular formula is C20H19N5O. The molecule has 1 aliphatic heterocycles. The van der Waals surface area contributed by atoms with E-state index >= 15 is 0 Å². The summed E-state index contributed by atoms with van der Waals surface area (Å²) in [6, 6.07) is 11.9. The van der Waals surface area contributed by atoms with E-state index in [2.05, 4.69) is 14.7 Å². The zero-order chi connectivity index (χ0) is 17.5. The Balaban J connectivity index is 1.79. The van der Waals surface area contributed by atoms with Gasteiger partial charge in [0.05, 0.1) is 22.1 Å². The van der Waals surface area contributed by atoms with Gasteiger partial charge >= 0.3 is 0 Å². The molecule has 130 valence electrons. The molecule has 4 aromatic rings. The van der Waals surface area contributed by atoms with Crippen LogP contribution in [0, 0.1) is 0 Å². The zero-order valence-electron chi connectivity index (χ0n) is 14.4. The number of carbonyl (C=O) groups is 1. The van der Waals surface area contributed by atoms with Gasteiger partial charge in [-0.25, -0.2) is 4.98 Å². The highest BCUT2D eigenvalue weighted by atomic mass is 16.2. The number of rotatable bonds is 1. The molecule has 0 radical (unpaired) electrons. The van der Waals surface area contributed by atoms with Crippen molar-refractivity contribution in [1.82, 2.24) is 24.6 Å². The van der Waals surface area contributed by atoms with Crippen molar-refractivity contribution in [3.8, 4) is 0 Å². The van der Waals surface area contributed by atoms with Crippen LogP contribution in [0.4, 0.5) is 0 Å². The summed E-state index contributed by atoms with van der Waals surface area (Å²) in [5.41, 5.74) is 4.27. The molecule has 26 heavy (non-hydrogen) atoms. The van der Waals surface area contributed by atoms with Crippen molar-refractivity contribution in [1.29, 1.82) is 0 Å². The van der Waals surface area contributed by atoms with Gasteiger partial charge in [-0.2, -0.15) is 0 Å². The maximum atomic E-state index is 13.3. The van der Waals surface area contributed by atoms with Crippen molar-refractivity contribution < 1.29 is 4.79 Å². The van der Waals surface area contributed by atoms with Crippen LogP contribution in [-0.2, 0) is 0 Å². The summed E-state index contributed by atoms with van der Waals surface area (Å²) in [6.07, 6.45) is 4.55. The van der Waals surface area contributed by atoms with Gasteiger partial charge < -0.3 is 10.2 Å². The quantitative estimate of drug-likeness (QED) is 0.576. The molecule has 5 rings (SSSR count). The van der Waals surface area contributed by atoms with E-state index in [9.17, 15) is 4.79 Å². The fourth-order valence-corrected chi connectivity index (χ4v) is 3.76. The van der Waals surface area contributed by atoms with E-state index in [1.807, 2.05) is 47.5 Å². The van der Waals surface area contributed by atoms with E-state index in [1.165, 1.54) is 0 Å². The minimum atomic E-state index is 0.0414. The molecule has 0 unspecified atom stereocenters. The van der Waals surface area contributed by atoms with Gasteiger partial charge in [0, 0.05) is 37.4 Å². The first-order chi connectivity index (χ1) is 12.8. The van der Waals surface area contributed by atoms with Gasteiger partial charge in [0.1, 0.15) is 0 Å². The Morgan fingerprint density at radius 2 is 2.00 bits per heavy atom. The monoisotopic (exact) mass is 345 g/mol. The molecule has 0 aliphatic carbocycles. The molecular weight excluding hydrogens is 326 g/mol. The van der Waals surface area contributed by atoms with Gasteiger partial charge in [-0.3, -0.25) is 14.2 Å². The number of aromatic nitrogens is 3. The molecule has 6 heteroatoms. The molecule has 1 saturated heterocycles. The summed E-state index contributed by atoms with van der Waals surface area (Å²) < 4.78 is 2.08. The third-order valence-corrected chi connectivity index (χ3v) is 5.03. The van der Waals surface area contributed by atoms with Crippen molar-refractivity contribution in [3.63, 3.8) is 0 Å². The predicted molar refractivity (Wildman–Crippen MR) is 101 cm³/mol. The Labute approximate surface area is 150 Å². The van der Waals surface area contributed by atoms with Crippen LogP contribution in [-0.4, -0.2) is 51.4 Å². The maximum absolute atomic E-state index is 13.3. The van der Waals surface area contributed by atoms with Crippen LogP contribution >= 0.6 is 0 Å². The van der Waals surface area contributed by atoms with E-state index in [0.717, 1.165) is 54.5 Å². The van der Waals surface area contributed by atoms with Gasteiger partial charge in [0.25, 0.3) is 5.91 Å². The Bertz CT molecular complexity index is 1130. The lowest BCUT2D eigenvalue weighted by molar-refractivity contribution is 0.0768. The number of pyridine rings is 2. The van der Waals surface area contributed by atoms with E-state index in [0.29, 0.717) is 11.2 Å². The Morgan fingerprint density at radius 3 is 2.96 bits per heavy atom. The second-order valence-corrected chi connectivity index (χ2v) is 6.65. The average molecular weight is 345 g/mol. The lowest BCUT2D eigenvalue weighted by Crippen LogP contribution is -2.34. The Hall–Kier alpha value is -2.99. The topological polar surface area (TPSA) is 62.5 Å². The largest absolute Gasteiger partial charge is 0.337 e. The number of fused-ring (bicyclic) bond motifs is 5. The summed E-state index contributed by atoms with van der Waals surface area (Å²) in [6.45, 7) is 3.27. The summed E-state index contributed by atoms with van der Waals surface area (Å²) in [5.74, 6) is 0.0414. The molecule has 0 saturated carbocycles. The van der Waals surface area contributed by atoms with Crippen LogP contribution < -0.4 is 5.32 Å². The maximum Gasteiger partial charge on any atom is 0.257 e. The number of nitrogens with one attached hydrogen (secondary N) is 1. The van der Waals surface area contributed by atoms with E-state index in [-0.39, 0.29) is 5.91 Å². The number of para-hydroxylation sites is 2. The average Bonchev–Trinajstić information content (AvgIpc) is 2.86. The first-order valence-electron chi connectivity index (χ1n) is 8.97. The fourth-order valence-electron chi connectivity index (χ4n) is 3.76. The predicted octanol–water partition coefficient (Wildman–Crippen LogP) is 2.47. The normalized spacial score (nSPS) is 15.6. The third-order valence-electron chi connectivity index (χ3n) is 5.03. The number of imidazole rings is 1. The summed E-state index contributed by atoms with van der Waals surface area (Å²) in [7, 11) is 0. The minimum Gasteiger partial charge on any atom is -0.337 e. The van der Waals surface area contributed by atoms with Gasteiger partial charge in [0.15, 0.2) is 5.65 Å². The number of nitrogens with zero attached hydrogens (tertiary/aromatic N) is 4. The van der Waals surface area contributed by atoms with Crippen molar-refractivity contribution in [2.75, 3.05) is 26.2 Å². The number of benzene rings is 1. The molecule has 0 bridgehead atoms. The van der Waals surface area contributed by atoms with Crippen LogP contribution in [0.5, 0.6) is 0 Å². The van der Waals surface area contributed by atoms with Crippen molar-refractivity contribution >= 4 is 33.5 Å². The SMILES string of the molecule is O=C(c1cc2cnccc2n2c1nc1ccccc12)N1CCCNCC1. The summed E-state index contributed by atoms with van der Waals surface area (Å²) in [4.78, 5) is 24.3. The number of hydrogen-bond donors (Lipinski definition) is 1. The van der Waals surface area contributed by atoms with Gasteiger partial charge in [-0.05, 0) is 37.2 Å². The van der Waals surface area contributed by atoms with Gasteiger partial charge in [-0.15, -0.1) is 0 Å². The molecule has 1 fully saturated rings. The first-order valence-corrected chi connectivity index (χ1v) is 8.97. The number of carbonyl (C=O) groups excluding carboxylic acids is 1. The molecule has 6 nitrogen and oxygen atoms in total. The highest BCUT2D eigenvalue weighted by Gasteiger charge is 2.22. The number of hydrogen-bond acceptors (Lipinski definition) is 4. The minimum absolute atomic E-state index is 0.0414. The third kappa shape index (κ3) is 2.34. The van der Waals surface area contributed by atoms with Gasteiger partial charge in [0.2, 0.25) is 0 Å². The molecule has 1 aliphatic rings. The Morgan fingerprint density at radius 1 is 1.08 bits per heavy atom. The first kappa shape index (κ1) is 15.3. The van der Waals surface area contributed by atoms with E-state index in [4.69, 9.17) is 4.98 Å². The van der Waals surface area contributed by atoms with Crippen LogP contribution in [0.25, 0.3) is 27.6 Å². The van der Waals surface area contributed by atoms with Gasteiger partial charge in [-0.1, -0.05) is 12.1 Å². The van der Waals surface area contributed by atoms with Crippen LogP contribution in [0.15, 0.2) is 48.8 Å². The highest BCUT2D eigenvalue weighted by Crippen LogP contribution is 2.26. The fraction of sp³-hybridized carbons (Fsp3) is 0.250. The second-order valence-electron chi connectivity index (χ2n) is 6.65. The van der Waals surface area contributed by atoms with Crippen LogP contribution in [0.1, 0.15) is 16.8 Å². The molecule has 3 aromatic heterocycles. The van der Waals surface area contributed by atoms with Crippen molar-refractivity contribution in [2.24, 2.45) is 0 Å². The molecule has 4 heterocycles. The van der Waals surface area contributed by atoms with Crippen LogP contribution in [0.2, 0.25) is 0 Å².